The lowest BCUT2D eigenvalue weighted by Gasteiger charge is -2.27. The third-order valence-corrected chi connectivity index (χ3v) is 4.84. The Morgan fingerprint density at radius 3 is 2.79 bits per heavy atom. The fourth-order valence-electron chi connectivity index (χ4n) is 3.32. The Bertz CT molecular complexity index is 1170. The van der Waals surface area contributed by atoms with E-state index in [1.807, 2.05) is 12.2 Å². The molecule has 1 unspecified atom stereocenters. The van der Waals surface area contributed by atoms with Gasteiger partial charge in [0.15, 0.2) is 5.65 Å². The summed E-state index contributed by atoms with van der Waals surface area (Å²) in [4.78, 5) is 19.0. The molecule has 1 aromatic carbocycles. The number of hydrogen-bond acceptors (Lipinski definition) is 7. The smallest absolute Gasteiger partial charge is 0.269 e. The van der Waals surface area contributed by atoms with Crippen molar-refractivity contribution in [1.82, 2.24) is 19.7 Å². The van der Waals surface area contributed by atoms with Crippen molar-refractivity contribution in [2.24, 2.45) is 5.73 Å². The number of benzene rings is 1. The van der Waals surface area contributed by atoms with Crippen molar-refractivity contribution in [1.29, 1.82) is 5.26 Å². The molecular weight excluding hydrogens is 358 g/mol. The monoisotopic (exact) mass is 373 g/mol. The average molecular weight is 373 g/mol. The molecule has 0 amide bonds. The normalized spacial score (nSPS) is 18.6. The van der Waals surface area contributed by atoms with Gasteiger partial charge in [-0.1, -0.05) is 24.3 Å². The molecule has 0 aliphatic heterocycles. The van der Waals surface area contributed by atoms with E-state index in [2.05, 4.69) is 21.1 Å². The summed E-state index contributed by atoms with van der Waals surface area (Å²) in [6.45, 7) is 0.378. The second-order valence-electron chi connectivity index (χ2n) is 6.46. The molecule has 3 aromatic rings. The summed E-state index contributed by atoms with van der Waals surface area (Å²) in [5, 5.41) is 25.7. The fraction of sp³-hybridized carbons (Fsp3) is 0.158. The van der Waals surface area contributed by atoms with Crippen LogP contribution >= 0.6 is 0 Å². The second kappa shape index (κ2) is 6.59. The molecule has 1 aliphatic rings. The SMILES string of the molecule is N#CC1(c2ncnc3c2cnn3Cc2ccc([N+](=O)[O-])cc2)CC=CC=C1N. The number of nitrogens with two attached hydrogens (primary N) is 1. The van der Waals surface area contributed by atoms with Crippen LogP contribution in [0.15, 0.2) is 60.7 Å². The molecule has 1 aliphatic carbocycles. The van der Waals surface area contributed by atoms with E-state index in [1.54, 1.807) is 29.1 Å². The highest BCUT2D eigenvalue weighted by Gasteiger charge is 2.39. The predicted octanol–water partition coefficient (Wildman–Crippen LogP) is 2.35. The molecule has 2 heterocycles. The molecule has 1 atom stereocenters. The van der Waals surface area contributed by atoms with Crippen LogP contribution < -0.4 is 5.73 Å². The van der Waals surface area contributed by atoms with Crippen molar-refractivity contribution < 1.29 is 4.92 Å². The van der Waals surface area contributed by atoms with Crippen molar-refractivity contribution >= 4 is 16.7 Å². The van der Waals surface area contributed by atoms with Gasteiger partial charge < -0.3 is 5.73 Å². The van der Waals surface area contributed by atoms with Gasteiger partial charge >= 0.3 is 0 Å². The number of fused-ring (bicyclic) bond motifs is 1. The number of allylic oxidation sites excluding steroid dienone is 4. The van der Waals surface area contributed by atoms with Crippen LogP contribution in [0.4, 0.5) is 5.69 Å². The minimum absolute atomic E-state index is 0.0299. The van der Waals surface area contributed by atoms with Gasteiger partial charge in [-0.15, -0.1) is 0 Å². The molecule has 2 N–H and O–H groups in total. The largest absolute Gasteiger partial charge is 0.400 e. The highest BCUT2D eigenvalue weighted by molar-refractivity contribution is 5.80. The van der Waals surface area contributed by atoms with Gasteiger partial charge in [0.1, 0.15) is 11.7 Å². The predicted molar refractivity (Wildman–Crippen MR) is 101 cm³/mol. The number of nitro groups is 1. The molecule has 0 fully saturated rings. The van der Waals surface area contributed by atoms with Crippen LogP contribution in [-0.2, 0) is 12.0 Å². The molecule has 9 heteroatoms. The van der Waals surface area contributed by atoms with Gasteiger partial charge in [-0.05, 0) is 18.1 Å². The van der Waals surface area contributed by atoms with Crippen molar-refractivity contribution in [3.8, 4) is 6.07 Å². The van der Waals surface area contributed by atoms with Gasteiger partial charge in [-0.2, -0.15) is 10.4 Å². The second-order valence-corrected chi connectivity index (χ2v) is 6.46. The van der Waals surface area contributed by atoms with Crippen molar-refractivity contribution in [3.63, 3.8) is 0 Å². The maximum Gasteiger partial charge on any atom is 0.269 e. The van der Waals surface area contributed by atoms with Crippen molar-refractivity contribution in [2.75, 3.05) is 0 Å². The Kier molecular flexibility index (Phi) is 4.08. The highest BCUT2D eigenvalue weighted by Crippen LogP contribution is 2.37. The highest BCUT2D eigenvalue weighted by atomic mass is 16.6. The first-order chi connectivity index (χ1) is 13.5. The third kappa shape index (κ3) is 2.68. The third-order valence-electron chi connectivity index (χ3n) is 4.84. The lowest BCUT2D eigenvalue weighted by molar-refractivity contribution is -0.384. The molecule has 0 radical (unpaired) electrons. The number of hydrogen-bond donors (Lipinski definition) is 1. The number of non-ortho nitro benzene ring substituents is 1. The lowest BCUT2D eigenvalue weighted by Crippen LogP contribution is -2.33. The number of aromatic nitrogens is 4. The molecule has 0 saturated heterocycles. The molecule has 28 heavy (non-hydrogen) atoms. The zero-order valence-electron chi connectivity index (χ0n) is 14.7. The fourth-order valence-corrected chi connectivity index (χ4v) is 3.32. The van der Waals surface area contributed by atoms with Gasteiger partial charge in [-0.3, -0.25) is 10.1 Å². The number of nitro benzene ring substituents is 1. The molecular formula is C19H15N7O2. The molecule has 4 rings (SSSR count). The van der Waals surface area contributed by atoms with Gasteiger partial charge in [0.2, 0.25) is 0 Å². The zero-order chi connectivity index (χ0) is 19.7. The standard InChI is InChI=1S/C19H15N7O2/c20-11-19(8-2-1-3-16(19)21)17-15-9-24-25(18(15)23-12-22-17)10-13-4-6-14(7-5-13)26(27)28/h1-7,9,12H,8,10,21H2. The summed E-state index contributed by atoms with van der Waals surface area (Å²) < 4.78 is 1.67. The zero-order valence-corrected chi connectivity index (χ0v) is 14.7. The Labute approximate surface area is 159 Å². The van der Waals surface area contributed by atoms with E-state index in [0.717, 1.165) is 5.56 Å². The van der Waals surface area contributed by atoms with E-state index in [1.165, 1.54) is 18.5 Å². The molecule has 0 bridgehead atoms. The first-order valence-electron chi connectivity index (χ1n) is 8.49. The first kappa shape index (κ1) is 17.4. The van der Waals surface area contributed by atoms with Crippen LogP contribution in [0.25, 0.3) is 11.0 Å². The quantitative estimate of drug-likeness (QED) is 0.547. The van der Waals surface area contributed by atoms with E-state index in [0.29, 0.717) is 35.4 Å². The van der Waals surface area contributed by atoms with E-state index < -0.39 is 10.3 Å². The minimum Gasteiger partial charge on any atom is -0.400 e. The number of nitrogens with zero attached hydrogens (tertiary/aromatic N) is 6. The summed E-state index contributed by atoms with van der Waals surface area (Å²) in [5.41, 5.74) is 7.49. The average Bonchev–Trinajstić information content (AvgIpc) is 3.12. The van der Waals surface area contributed by atoms with Crippen LogP contribution in [0.3, 0.4) is 0 Å². The summed E-state index contributed by atoms with van der Waals surface area (Å²) >= 11 is 0. The summed E-state index contributed by atoms with van der Waals surface area (Å²) in [5.74, 6) is 0. The van der Waals surface area contributed by atoms with E-state index in [4.69, 9.17) is 5.73 Å². The van der Waals surface area contributed by atoms with Gasteiger partial charge in [0.05, 0.1) is 34.8 Å². The lowest BCUT2D eigenvalue weighted by atomic mass is 9.76. The van der Waals surface area contributed by atoms with E-state index in [-0.39, 0.29) is 5.69 Å². The Morgan fingerprint density at radius 1 is 1.32 bits per heavy atom. The molecule has 0 saturated carbocycles. The Balaban J connectivity index is 1.75. The van der Waals surface area contributed by atoms with Crippen LogP contribution in [-0.4, -0.2) is 24.7 Å². The maximum absolute atomic E-state index is 10.8. The van der Waals surface area contributed by atoms with Gasteiger partial charge in [0.25, 0.3) is 5.69 Å². The van der Waals surface area contributed by atoms with Crippen LogP contribution in [0.5, 0.6) is 0 Å². The number of rotatable bonds is 4. The molecule has 2 aromatic heterocycles. The Morgan fingerprint density at radius 2 is 2.11 bits per heavy atom. The Hall–Kier alpha value is -4.06. The molecule has 0 spiro atoms. The summed E-state index contributed by atoms with van der Waals surface area (Å²) in [6, 6.07) is 8.57. The van der Waals surface area contributed by atoms with Gasteiger partial charge in [-0.25, -0.2) is 14.6 Å². The van der Waals surface area contributed by atoms with Crippen molar-refractivity contribution in [2.45, 2.75) is 18.4 Å². The molecule has 9 nitrogen and oxygen atoms in total. The van der Waals surface area contributed by atoms with E-state index in [9.17, 15) is 15.4 Å². The minimum atomic E-state index is -1.06. The van der Waals surface area contributed by atoms with Crippen LogP contribution in [0, 0.1) is 21.4 Å². The van der Waals surface area contributed by atoms with Crippen LogP contribution in [0.2, 0.25) is 0 Å². The van der Waals surface area contributed by atoms with Crippen LogP contribution in [0.1, 0.15) is 17.7 Å². The summed E-state index contributed by atoms with van der Waals surface area (Å²) in [7, 11) is 0. The molecule has 138 valence electrons. The number of nitriles is 1. The first-order valence-corrected chi connectivity index (χ1v) is 8.49. The topological polar surface area (TPSA) is 137 Å². The van der Waals surface area contributed by atoms with E-state index >= 15 is 0 Å². The van der Waals surface area contributed by atoms with Crippen molar-refractivity contribution in [3.05, 3.63) is 82.1 Å². The summed E-state index contributed by atoms with van der Waals surface area (Å²) in [6.07, 6.45) is 8.86. The van der Waals surface area contributed by atoms with Gasteiger partial charge in [0, 0.05) is 17.8 Å². The maximum atomic E-state index is 10.8.